The molecule has 3 aromatic rings. The Bertz CT molecular complexity index is 1350. The van der Waals surface area contributed by atoms with Crippen molar-refractivity contribution in [3.8, 4) is 0 Å². The number of nitrogens with one attached hydrogen (secondary N) is 1. The number of aliphatic hydroxyl groups is 2. The molecule has 0 radical (unpaired) electrons. The first kappa shape index (κ1) is 25.5. The molecule has 0 amide bonds. The van der Waals surface area contributed by atoms with Gasteiger partial charge in [-0.15, -0.1) is 0 Å². The Kier molecular flexibility index (Phi) is 7.67. The van der Waals surface area contributed by atoms with Gasteiger partial charge in [-0.3, -0.25) is 28.0 Å². The normalized spacial score (nSPS) is 22.9. The molecule has 1 saturated heterocycles. The topological polar surface area (TPSA) is 219 Å². The van der Waals surface area contributed by atoms with Gasteiger partial charge in [0.1, 0.15) is 30.9 Å². The molecule has 0 aromatic carbocycles. The maximum absolute atomic E-state index is 12.6. The minimum atomic E-state index is -4.09. The number of nitrogen functional groups attached to an aromatic ring is 1. The zero-order chi connectivity index (χ0) is 25.2. The number of hydrogen-bond donors (Lipinski definition) is 5. The molecule has 3 aromatic heterocycles. The van der Waals surface area contributed by atoms with E-state index >= 15 is 0 Å². The predicted molar refractivity (Wildman–Crippen MR) is 121 cm³/mol. The van der Waals surface area contributed by atoms with E-state index in [1.165, 1.54) is 18.9 Å². The van der Waals surface area contributed by atoms with Gasteiger partial charge in [0.05, 0.1) is 25.6 Å². The first-order valence-electron chi connectivity index (χ1n) is 10.1. The molecule has 5 atom stereocenters. The van der Waals surface area contributed by atoms with E-state index in [1.54, 1.807) is 4.57 Å². The first-order chi connectivity index (χ1) is 16.7. The number of fused-ring (bicyclic) bond motifs is 1. The number of aromatic amines is 1. The minimum absolute atomic E-state index is 0.164. The Morgan fingerprint density at radius 3 is 2.91 bits per heavy atom. The Labute approximate surface area is 201 Å². The highest BCUT2D eigenvalue weighted by atomic mass is 32.7. The standard InChI is InChI=1S/C17H22N7O9PS/c18-15-14-16(20-6-19-15)24(7-21-14)12-3-9(26)10(32-12)5-31-34(29,35)33-13(4-25)30-8-23-2-1-11(27)22-17(23)28/h1-2,6-7,9-10,12-13,25-26H,3-5,8H2,(H,29,35)(H2,18,19,20)(H,22,27,28)/t9-,10-,12-,13?,34?/m1/s1. The lowest BCUT2D eigenvalue weighted by Gasteiger charge is -2.22. The number of imidazole rings is 1. The van der Waals surface area contributed by atoms with Crippen molar-refractivity contribution in [3.63, 3.8) is 0 Å². The van der Waals surface area contributed by atoms with Crippen molar-refractivity contribution in [3.05, 3.63) is 45.8 Å². The number of nitrogens with zero attached hydrogens (tertiary/aromatic N) is 5. The van der Waals surface area contributed by atoms with Crippen LogP contribution < -0.4 is 17.0 Å². The lowest BCUT2D eigenvalue weighted by molar-refractivity contribution is -0.135. The van der Waals surface area contributed by atoms with E-state index in [0.29, 0.717) is 11.2 Å². The number of H-pyrrole nitrogens is 1. The van der Waals surface area contributed by atoms with Gasteiger partial charge in [-0.05, 0) is 0 Å². The maximum atomic E-state index is 12.6. The van der Waals surface area contributed by atoms with Crippen LogP contribution in [0, 0.1) is 0 Å². The van der Waals surface area contributed by atoms with E-state index in [4.69, 9.17) is 24.3 Å². The average Bonchev–Trinajstić information content (AvgIpc) is 3.40. The number of ether oxygens (including phenoxy) is 2. The van der Waals surface area contributed by atoms with Crippen molar-refractivity contribution < 1.29 is 33.3 Å². The smallest absolute Gasteiger partial charge is 0.388 e. The number of rotatable bonds is 10. The third kappa shape index (κ3) is 5.96. The van der Waals surface area contributed by atoms with Crippen LogP contribution >= 0.6 is 19.0 Å². The van der Waals surface area contributed by atoms with Gasteiger partial charge in [-0.2, -0.15) is 0 Å². The van der Waals surface area contributed by atoms with Crippen LogP contribution in [0.25, 0.3) is 11.2 Å². The van der Waals surface area contributed by atoms with Crippen LogP contribution in [0.2, 0.25) is 0 Å². The van der Waals surface area contributed by atoms with Crippen molar-refractivity contribution in [1.82, 2.24) is 29.1 Å². The molecule has 4 rings (SSSR count). The highest BCUT2D eigenvalue weighted by Crippen LogP contribution is 2.54. The Balaban J connectivity index is 1.32. The van der Waals surface area contributed by atoms with Gasteiger partial charge < -0.3 is 25.4 Å². The van der Waals surface area contributed by atoms with E-state index < -0.39 is 56.1 Å². The van der Waals surface area contributed by atoms with Gasteiger partial charge >= 0.3 is 12.5 Å². The van der Waals surface area contributed by atoms with Crippen molar-refractivity contribution >= 4 is 36.0 Å². The Morgan fingerprint density at radius 1 is 1.37 bits per heavy atom. The number of nitrogens with two attached hydrogens (primary N) is 1. The summed E-state index contributed by atoms with van der Waals surface area (Å²) in [6.45, 7) is -5.62. The molecular formula is C17H22N7O9PS. The van der Waals surface area contributed by atoms with Crippen LogP contribution in [0.3, 0.4) is 0 Å². The molecule has 0 saturated carbocycles. The third-order valence-corrected chi connectivity index (χ3v) is 6.61. The number of thiol groups is 1. The molecule has 190 valence electrons. The fraction of sp³-hybridized carbons (Fsp3) is 0.471. The predicted octanol–water partition coefficient (Wildman–Crippen LogP) is -1.03. The molecule has 16 nitrogen and oxygen atoms in total. The fourth-order valence-electron chi connectivity index (χ4n) is 3.29. The number of hydrogen-bond acceptors (Lipinski definition) is 13. The van der Waals surface area contributed by atoms with E-state index in [0.717, 1.165) is 10.6 Å². The van der Waals surface area contributed by atoms with E-state index in [9.17, 15) is 24.4 Å². The number of anilines is 1. The molecule has 5 N–H and O–H groups in total. The van der Waals surface area contributed by atoms with Gasteiger partial charge in [0.25, 0.3) is 5.56 Å². The maximum Gasteiger partial charge on any atom is 0.388 e. The zero-order valence-electron chi connectivity index (χ0n) is 17.9. The number of aromatic nitrogens is 6. The first-order valence-corrected chi connectivity index (χ1v) is 12.8. The van der Waals surface area contributed by atoms with Crippen LogP contribution in [-0.4, -0.2) is 71.0 Å². The molecule has 1 aliphatic rings. The van der Waals surface area contributed by atoms with E-state index in [1.807, 2.05) is 4.98 Å². The van der Waals surface area contributed by atoms with Crippen molar-refractivity contribution in [2.24, 2.45) is 0 Å². The van der Waals surface area contributed by atoms with Crippen LogP contribution in [0.4, 0.5) is 5.82 Å². The van der Waals surface area contributed by atoms with Gasteiger partial charge in [-0.25, -0.2) is 24.3 Å². The van der Waals surface area contributed by atoms with Crippen LogP contribution in [0.15, 0.2) is 34.5 Å². The van der Waals surface area contributed by atoms with E-state index in [-0.39, 0.29) is 18.8 Å². The van der Waals surface area contributed by atoms with Gasteiger partial charge in [-0.1, -0.05) is 12.2 Å². The summed E-state index contributed by atoms with van der Waals surface area (Å²) in [6.07, 6.45) is 0.0755. The summed E-state index contributed by atoms with van der Waals surface area (Å²) in [5.74, 6) is 0.200. The monoisotopic (exact) mass is 531 g/mol. The average molecular weight is 531 g/mol. The quantitative estimate of drug-likeness (QED) is 0.120. The molecule has 18 heteroatoms. The van der Waals surface area contributed by atoms with Gasteiger partial charge in [0.2, 0.25) is 0 Å². The minimum Gasteiger partial charge on any atom is -0.391 e. The molecule has 0 spiro atoms. The second-order valence-electron chi connectivity index (χ2n) is 7.37. The van der Waals surface area contributed by atoms with Crippen LogP contribution in [-0.2, 0) is 29.8 Å². The Morgan fingerprint density at radius 2 is 2.17 bits per heavy atom. The second kappa shape index (κ2) is 10.5. The molecule has 2 unspecified atom stereocenters. The summed E-state index contributed by atoms with van der Waals surface area (Å²) in [5, 5.41) is 19.8. The largest absolute Gasteiger partial charge is 0.391 e. The number of aliphatic hydroxyl groups excluding tert-OH is 2. The fourth-order valence-corrected chi connectivity index (χ4v) is 4.63. The van der Waals surface area contributed by atoms with Crippen molar-refractivity contribution in [2.45, 2.75) is 37.9 Å². The summed E-state index contributed by atoms with van der Waals surface area (Å²) in [4.78, 5) is 37.0. The van der Waals surface area contributed by atoms with Gasteiger partial charge in [0, 0.05) is 18.7 Å². The SMILES string of the molecule is Nc1ncnc2c1ncn2[C@H]1C[C@@H](O)[C@@H](COP(=O)(S)OC(CO)OCn2ccc(=O)[nH]c2=O)O1. The summed E-state index contributed by atoms with van der Waals surface area (Å²) in [6, 6.07) is 1.10. The van der Waals surface area contributed by atoms with E-state index in [2.05, 4.69) is 27.2 Å². The second-order valence-corrected chi connectivity index (χ2v) is 10.2. The summed E-state index contributed by atoms with van der Waals surface area (Å²) in [7, 11) is 0. The van der Waals surface area contributed by atoms with Crippen LogP contribution in [0.1, 0.15) is 12.6 Å². The summed E-state index contributed by atoms with van der Waals surface area (Å²) in [5.41, 5.74) is 5.26. The molecule has 1 aliphatic heterocycles. The summed E-state index contributed by atoms with van der Waals surface area (Å²) >= 11 is 3.86. The molecule has 1 fully saturated rings. The third-order valence-electron chi connectivity index (χ3n) is 5.00. The molecule has 0 bridgehead atoms. The zero-order valence-corrected chi connectivity index (χ0v) is 19.7. The highest BCUT2D eigenvalue weighted by molar-refractivity contribution is 8.44. The molecule has 0 aliphatic carbocycles. The van der Waals surface area contributed by atoms with Crippen molar-refractivity contribution in [1.29, 1.82) is 0 Å². The lowest BCUT2D eigenvalue weighted by Crippen LogP contribution is -2.31. The van der Waals surface area contributed by atoms with Gasteiger partial charge in [0.15, 0.2) is 17.8 Å². The lowest BCUT2D eigenvalue weighted by atomic mass is 10.2. The summed E-state index contributed by atoms with van der Waals surface area (Å²) < 4.78 is 36.5. The van der Waals surface area contributed by atoms with Crippen LogP contribution in [0.5, 0.6) is 0 Å². The van der Waals surface area contributed by atoms with Crippen molar-refractivity contribution in [2.75, 3.05) is 18.9 Å². The molecule has 35 heavy (non-hydrogen) atoms. The Hall–Kier alpha value is -2.63. The molecular weight excluding hydrogens is 509 g/mol. The molecule has 4 heterocycles. The highest BCUT2D eigenvalue weighted by Gasteiger charge is 2.38.